The second-order valence-corrected chi connectivity index (χ2v) is 4.47. The molecular formula is C9H11Cl2NO2. The van der Waals surface area contributed by atoms with E-state index >= 15 is 0 Å². The molecule has 0 saturated carbocycles. The highest BCUT2D eigenvalue weighted by Gasteiger charge is 2.35. The van der Waals surface area contributed by atoms with E-state index in [-0.39, 0.29) is 6.42 Å². The summed E-state index contributed by atoms with van der Waals surface area (Å²) in [5.74, 6) is -0.961. The molecule has 2 atom stereocenters. The third kappa shape index (κ3) is 2.74. The molecule has 0 saturated heterocycles. The Hall–Kier alpha value is -0.510. The topological polar surface area (TPSA) is 63.3 Å². The molecule has 1 rings (SSSR count). The zero-order valence-electron chi connectivity index (χ0n) is 7.41. The number of hydrogen-bond acceptors (Lipinski definition) is 2. The van der Waals surface area contributed by atoms with Crippen LogP contribution in [0.25, 0.3) is 0 Å². The quantitative estimate of drug-likeness (QED) is 0.735. The van der Waals surface area contributed by atoms with Crippen molar-refractivity contribution in [2.45, 2.75) is 23.8 Å². The Bertz CT molecular complexity index is 301. The first-order valence-corrected chi connectivity index (χ1v) is 4.90. The Kier molecular flexibility index (Phi) is 3.59. The van der Waals surface area contributed by atoms with Crippen molar-refractivity contribution < 1.29 is 9.90 Å². The van der Waals surface area contributed by atoms with Crippen LogP contribution in [0.3, 0.4) is 0 Å². The zero-order chi connectivity index (χ0) is 10.8. The molecular weight excluding hydrogens is 225 g/mol. The Balaban J connectivity index is 2.71. The van der Waals surface area contributed by atoms with E-state index in [1.165, 1.54) is 0 Å². The summed E-state index contributed by atoms with van der Waals surface area (Å²) in [6.07, 6.45) is 5.31. The lowest BCUT2D eigenvalue weighted by Gasteiger charge is -2.30. The molecule has 1 aliphatic carbocycles. The largest absolute Gasteiger partial charge is 0.481 e. The van der Waals surface area contributed by atoms with Crippen molar-refractivity contribution in [3.63, 3.8) is 0 Å². The van der Waals surface area contributed by atoms with Crippen LogP contribution in [0.4, 0.5) is 0 Å². The molecule has 2 unspecified atom stereocenters. The van der Waals surface area contributed by atoms with E-state index in [0.717, 1.165) is 0 Å². The van der Waals surface area contributed by atoms with E-state index in [9.17, 15) is 4.79 Å². The van der Waals surface area contributed by atoms with Crippen molar-refractivity contribution in [3.05, 3.63) is 23.3 Å². The van der Waals surface area contributed by atoms with Crippen molar-refractivity contribution >= 4 is 29.2 Å². The highest BCUT2D eigenvalue weighted by Crippen LogP contribution is 2.34. The average molecular weight is 236 g/mol. The van der Waals surface area contributed by atoms with Crippen molar-refractivity contribution in [1.82, 2.24) is 0 Å². The average Bonchev–Trinajstić information content (AvgIpc) is 2.02. The highest BCUT2D eigenvalue weighted by atomic mass is 35.5. The van der Waals surface area contributed by atoms with Gasteiger partial charge < -0.3 is 10.8 Å². The molecule has 0 heterocycles. The van der Waals surface area contributed by atoms with Gasteiger partial charge in [-0.05, 0) is 6.08 Å². The Morgan fingerprint density at radius 1 is 1.79 bits per heavy atom. The molecule has 78 valence electrons. The van der Waals surface area contributed by atoms with Gasteiger partial charge in [-0.2, -0.15) is 0 Å². The summed E-state index contributed by atoms with van der Waals surface area (Å²) in [6.45, 7) is 0. The van der Waals surface area contributed by atoms with Crippen molar-refractivity contribution in [3.8, 4) is 0 Å². The molecule has 0 spiro atoms. The van der Waals surface area contributed by atoms with Gasteiger partial charge in [-0.15, -0.1) is 11.6 Å². The van der Waals surface area contributed by atoms with E-state index in [4.69, 9.17) is 34.0 Å². The minimum atomic E-state index is -0.961. The van der Waals surface area contributed by atoms with Gasteiger partial charge in [-0.3, -0.25) is 4.79 Å². The monoisotopic (exact) mass is 235 g/mol. The summed E-state index contributed by atoms with van der Waals surface area (Å²) < 4.78 is 0. The van der Waals surface area contributed by atoms with Crippen LogP contribution in [0.5, 0.6) is 0 Å². The fourth-order valence-electron chi connectivity index (χ4n) is 1.30. The molecule has 0 aromatic rings. The predicted octanol–water partition coefficient (Wildman–Crippen LogP) is 1.85. The number of halogens is 2. The first-order valence-electron chi connectivity index (χ1n) is 4.14. The van der Waals surface area contributed by atoms with Crippen molar-refractivity contribution in [2.24, 2.45) is 5.73 Å². The smallest absolute Gasteiger partial charge is 0.304 e. The Morgan fingerprint density at radius 3 is 2.93 bits per heavy atom. The van der Waals surface area contributed by atoms with Gasteiger partial charge in [0.2, 0.25) is 0 Å². The van der Waals surface area contributed by atoms with Gasteiger partial charge in [0.1, 0.15) is 0 Å². The molecule has 0 aromatic heterocycles. The maximum atomic E-state index is 10.5. The zero-order valence-corrected chi connectivity index (χ0v) is 8.92. The van der Waals surface area contributed by atoms with Gasteiger partial charge in [0.15, 0.2) is 0 Å². The summed E-state index contributed by atoms with van der Waals surface area (Å²) in [5.41, 5.74) is 5.70. The standard InChI is InChI=1S/C9H11Cl2NO2/c10-6-2-1-3-9(11,5-6)7(12)4-8(13)14/h1-3,7H,4-5,12H2,(H,13,14). The van der Waals surface area contributed by atoms with E-state index < -0.39 is 16.9 Å². The van der Waals surface area contributed by atoms with Gasteiger partial charge in [0, 0.05) is 17.5 Å². The fraction of sp³-hybridized carbons (Fsp3) is 0.444. The van der Waals surface area contributed by atoms with Crippen LogP contribution in [0.1, 0.15) is 12.8 Å². The molecule has 3 nitrogen and oxygen atoms in total. The maximum absolute atomic E-state index is 10.5. The van der Waals surface area contributed by atoms with Crippen LogP contribution in [0.15, 0.2) is 23.3 Å². The second-order valence-electron chi connectivity index (χ2n) is 3.28. The molecule has 14 heavy (non-hydrogen) atoms. The normalized spacial score (nSPS) is 28.4. The third-order valence-electron chi connectivity index (χ3n) is 2.10. The van der Waals surface area contributed by atoms with E-state index in [1.54, 1.807) is 18.2 Å². The van der Waals surface area contributed by atoms with E-state index in [0.29, 0.717) is 11.5 Å². The van der Waals surface area contributed by atoms with Gasteiger partial charge >= 0.3 is 5.97 Å². The van der Waals surface area contributed by atoms with Gasteiger partial charge in [-0.1, -0.05) is 23.8 Å². The second kappa shape index (κ2) is 4.34. The number of carbonyl (C=O) groups is 1. The third-order valence-corrected chi connectivity index (χ3v) is 2.90. The number of allylic oxidation sites excluding steroid dienone is 3. The van der Waals surface area contributed by atoms with E-state index in [2.05, 4.69) is 0 Å². The number of carboxylic acid groups (broad SMARTS) is 1. The first kappa shape index (κ1) is 11.6. The lowest BCUT2D eigenvalue weighted by atomic mass is 9.90. The maximum Gasteiger partial charge on any atom is 0.304 e. The van der Waals surface area contributed by atoms with E-state index in [1.807, 2.05) is 0 Å². The van der Waals surface area contributed by atoms with Gasteiger partial charge in [-0.25, -0.2) is 0 Å². The van der Waals surface area contributed by atoms with Crippen LogP contribution in [-0.4, -0.2) is 22.0 Å². The summed E-state index contributed by atoms with van der Waals surface area (Å²) in [5, 5.41) is 9.17. The van der Waals surface area contributed by atoms with Gasteiger partial charge in [0.25, 0.3) is 0 Å². The van der Waals surface area contributed by atoms with Crippen LogP contribution >= 0.6 is 23.2 Å². The van der Waals surface area contributed by atoms with Crippen LogP contribution in [0.2, 0.25) is 0 Å². The molecule has 5 heteroatoms. The lowest BCUT2D eigenvalue weighted by Crippen LogP contribution is -2.44. The highest BCUT2D eigenvalue weighted by molar-refractivity contribution is 6.32. The minimum absolute atomic E-state index is 0.169. The molecule has 0 radical (unpaired) electrons. The summed E-state index contributed by atoms with van der Waals surface area (Å²) in [7, 11) is 0. The molecule has 0 aromatic carbocycles. The van der Waals surface area contributed by atoms with Crippen molar-refractivity contribution in [2.75, 3.05) is 0 Å². The molecule has 0 bridgehead atoms. The number of rotatable bonds is 3. The lowest BCUT2D eigenvalue weighted by molar-refractivity contribution is -0.137. The van der Waals surface area contributed by atoms with Crippen LogP contribution in [-0.2, 0) is 4.79 Å². The number of hydrogen-bond donors (Lipinski definition) is 2. The fourth-order valence-corrected chi connectivity index (χ4v) is 1.96. The first-order chi connectivity index (χ1) is 6.44. The summed E-state index contributed by atoms with van der Waals surface area (Å²) >= 11 is 12.0. The Labute approximate surface area is 92.2 Å². The minimum Gasteiger partial charge on any atom is -0.481 e. The molecule has 0 aliphatic heterocycles. The van der Waals surface area contributed by atoms with Crippen LogP contribution < -0.4 is 5.73 Å². The number of carboxylic acids is 1. The molecule has 0 fully saturated rings. The Morgan fingerprint density at radius 2 is 2.43 bits per heavy atom. The number of alkyl halides is 1. The molecule has 3 N–H and O–H groups in total. The molecule has 0 amide bonds. The SMILES string of the molecule is NC(CC(=O)O)C1(Cl)C=CC=C(Cl)C1. The van der Waals surface area contributed by atoms with Crippen molar-refractivity contribution in [1.29, 1.82) is 0 Å². The number of nitrogens with two attached hydrogens (primary N) is 1. The summed E-state index contributed by atoms with van der Waals surface area (Å²) in [6, 6.07) is -0.639. The van der Waals surface area contributed by atoms with Gasteiger partial charge in [0.05, 0.1) is 11.3 Å². The molecule has 1 aliphatic rings. The number of aliphatic carboxylic acids is 1. The van der Waals surface area contributed by atoms with Crippen LogP contribution in [0, 0.1) is 0 Å². The summed E-state index contributed by atoms with van der Waals surface area (Å²) in [4.78, 5) is 9.59. The predicted molar refractivity (Wildman–Crippen MR) is 56.5 cm³/mol.